The Bertz CT molecular complexity index is 1600. The maximum Gasteiger partial charge on any atom is 0.278 e. The molecule has 8 nitrogen and oxygen atoms in total. The molecule has 1 N–H and O–H groups in total. The minimum Gasteiger partial charge on any atom is -0.411 e. The predicted octanol–water partition coefficient (Wildman–Crippen LogP) is 5.30. The summed E-state index contributed by atoms with van der Waals surface area (Å²) in [6.07, 6.45) is 0. The number of fused-ring (bicyclic) bond motifs is 1. The largest absolute Gasteiger partial charge is 0.411 e. The number of nitrogens with one attached hydrogen (secondary N) is 1. The first-order valence-corrected chi connectivity index (χ1v) is 14.8. The number of carbonyl (C=O) groups is 1. The molecule has 39 heavy (non-hydrogen) atoms. The molecular formula is C29H30N4O4S2. The van der Waals surface area contributed by atoms with Crippen LogP contribution >= 0.6 is 11.8 Å². The maximum absolute atomic E-state index is 14.4. The first kappa shape index (κ1) is 27.1. The Morgan fingerprint density at radius 2 is 1.62 bits per heavy atom. The molecule has 0 spiro atoms. The molecule has 0 saturated heterocycles. The van der Waals surface area contributed by atoms with E-state index in [1.54, 1.807) is 25.7 Å². The Labute approximate surface area is 232 Å². The van der Waals surface area contributed by atoms with E-state index in [1.807, 2.05) is 85.8 Å². The van der Waals surface area contributed by atoms with Gasteiger partial charge in [0.25, 0.3) is 5.22 Å². The van der Waals surface area contributed by atoms with Crippen molar-refractivity contribution in [2.45, 2.75) is 49.0 Å². The molecule has 0 fully saturated rings. The van der Waals surface area contributed by atoms with E-state index in [0.29, 0.717) is 23.7 Å². The lowest BCUT2D eigenvalue weighted by molar-refractivity contribution is -0.120. The lowest BCUT2D eigenvalue weighted by Crippen LogP contribution is -2.49. The fourth-order valence-corrected chi connectivity index (χ4v) is 6.40. The Hall–Kier alpha value is -3.47. The van der Waals surface area contributed by atoms with Crippen LogP contribution in [-0.2, 0) is 26.1 Å². The molecule has 1 aliphatic rings. The minimum atomic E-state index is -3.76. The van der Waals surface area contributed by atoms with Crippen molar-refractivity contribution in [1.29, 1.82) is 0 Å². The summed E-state index contributed by atoms with van der Waals surface area (Å²) >= 11 is 1.07. The summed E-state index contributed by atoms with van der Waals surface area (Å²) in [5.41, 5.74) is 4.23. The fourth-order valence-electron chi connectivity index (χ4n) is 4.34. The number of aromatic nitrogens is 2. The van der Waals surface area contributed by atoms with Crippen LogP contribution in [0.5, 0.6) is 0 Å². The van der Waals surface area contributed by atoms with Gasteiger partial charge in [0.05, 0.1) is 11.3 Å². The second-order valence-corrected chi connectivity index (χ2v) is 14.3. The number of nitrogens with zero attached hydrogens (tertiary/aromatic N) is 3. The van der Waals surface area contributed by atoms with Gasteiger partial charge in [-0.05, 0) is 63.2 Å². The summed E-state index contributed by atoms with van der Waals surface area (Å²) in [6, 6.07) is 24.8. The third kappa shape index (κ3) is 5.24. The first-order chi connectivity index (χ1) is 18.5. The van der Waals surface area contributed by atoms with Crippen molar-refractivity contribution in [3.05, 3.63) is 95.6 Å². The molecule has 0 radical (unpaired) electrons. The number of thioether (sulfide) groups is 1. The molecule has 10 heteroatoms. The van der Waals surface area contributed by atoms with Crippen LogP contribution in [-0.4, -0.2) is 35.8 Å². The number of sulfonamides is 1. The molecule has 1 atom stereocenters. The average molecular weight is 563 g/mol. The smallest absolute Gasteiger partial charge is 0.278 e. The number of amides is 1. The zero-order valence-electron chi connectivity index (χ0n) is 22.2. The highest BCUT2D eigenvalue weighted by Gasteiger charge is 2.53. The van der Waals surface area contributed by atoms with E-state index in [-0.39, 0.29) is 17.7 Å². The van der Waals surface area contributed by atoms with E-state index in [1.165, 1.54) is 0 Å². The molecule has 202 valence electrons. The summed E-state index contributed by atoms with van der Waals surface area (Å²) in [7, 11) is -3.76. The van der Waals surface area contributed by atoms with E-state index in [4.69, 9.17) is 4.42 Å². The normalized spacial score (nSPS) is 17.4. The Kier molecular flexibility index (Phi) is 7.13. The van der Waals surface area contributed by atoms with Crippen molar-refractivity contribution in [2.75, 3.05) is 11.4 Å². The van der Waals surface area contributed by atoms with Gasteiger partial charge in [-0.2, -0.15) is 0 Å². The van der Waals surface area contributed by atoms with E-state index in [2.05, 4.69) is 14.9 Å². The summed E-state index contributed by atoms with van der Waals surface area (Å²) in [5, 5.41) is 8.57. The van der Waals surface area contributed by atoms with Crippen LogP contribution in [0.1, 0.15) is 37.5 Å². The number of hydrogen-bond acceptors (Lipinski definition) is 7. The van der Waals surface area contributed by atoms with Gasteiger partial charge >= 0.3 is 0 Å². The number of anilines is 1. The Balaban J connectivity index is 1.57. The molecule has 4 aromatic rings. The molecule has 1 amide bonds. The fraction of sp³-hybridized carbons (Fsp3) is 0.276. The SMILES string of the molecule is Cc1ccc(CN2C(=O)C(CNS(=O)(=O)C(C)(C)C)(Sc3nnc(-c4ccccc4)o3)c3ccccc32)cc1. The number of rotatable bonds is 8. The van der Waals surface area contributed by atoms with Gasteiger partial charge in [0.1, 0.15) is 4.75 Å². The summed E-state index contributed by atoms with van der Waals surface area (Å²) in [6.45, 7) is 7.02. The van der Waals surface area contributed by atoms with Gasteiger partial charge in [0, 0.05) is 23.4 Å². The highest BCUT2D eigenvalue weighted by molar-refractivity contribution is 8.01. The topological polar surface area (TPSA) is 105 Å². The maximum atomic E-state index is 14.4. The minimum absolute atomic E-state index is 0.171. The zero-order valence-corrected chi connectivity index (χ0v) is 23.8. The average Bonchev–Trinajstić information content (AvgIpc) is 3.46. The quantitative estimate of drug-likeness (QED) is 0.311. The van der Waals surface area contributed by atoms with Crippen LogP contribution in [0.15, 0.2) is 88.5 Å². The van der Waals surface area contributed by atoms with Crippen LogP contribution < -0.4 is 9.62 Å². The highest BCUT2D eigenvalue weighted by Crippen LogP contribution is 2.51. The molecule has 1 aromatic heterocycles. The van der Waals surface area contributed by atoms with E-state index >= 15 is 0 Å². The first-order valence-electron chi connectivity index (χ1n) is 12.5. The van der Waals surface area contributed by atoms with Crippen LogP contribution in [0, 0.1) is 6.92 Å². The zero-order chi connectivity index (χ0) is 27.8. The molecule has 1 aliphatic heterocycles. The lowest BCUT2D eigenvalue weighted by atomic mass is 10.00. The van der Waals surface area contributed by atoms with Crippen LogP contribution in [0.25, 0.3) is 11.5 Å². The monoisotopic (exact) mass is 562 g/mol. The number of para-hydroxylation sites is 1. The molecule has 3 aromatic carbocycles. The van der Waals surface area contributed by atoms with Gasteiger partial charge in [-0.15, -0.1) is 10.2 Å². The van der Waals surface area contributed by atoms with Crippen LogP contribution in [0.2, 0.25) is 0 Å². The molecule has 0 bridgehead atoms. The predicted molar refractivity (Wildman–Crippen MR) is 153 cm³/mol. The number of aryl methyl sites for hydroxylation is 1. The molecule has 0 saturated carbocycles. The van der Waals surface area contributed by atoms with Crippen molar-refractivity contribution in [1.82, 2.24) is 14.9 Å². The van der Waals surface area contributed by atoms with Crippen molar-refractivity contribution in [3.8, 4) is 11.5 Å². The molecule has 5 rings (SSSR count). The number of benzene rings is 3. The van der Waals surface area contributed by atoms with Crippen molar-refractivity contribution >= 4 is 33.4 Å². The van der Waals surface area contributed by atoms with E-state index in [9.17, 15) is 13.2 Å². The molecule has 0 aliphatic carbocycles. The van der Waals surface area contributed by atoms with Gasteiger partial charge in [-0.25, -0.2) is 13.1 Å². The summed E-state index contributed by atoms with van der Waals surface area (Å²) in [5.74, 6) is 0.0594. The van der Waals surface area contributed by atoms with Gasteiger partial charge in [-0.1, -0.05) is 66.2 Å². The Morgan fingerprint density at radius 3 is 2.31 bits per heavy atom. The summed E-state index contributed by atoms with van der Waals surface area (Å²) in [4.78, 5) is 16.1. The third-order valence-corrected chi connectivity index (χ3v) is 10.1. The third-order valence-electron chi connectivity index (χ3n) is 6.69. The second-order valence-electron chi connectivity index (χ2n) is 10.5. The van der Waals surface area contributed by atoms with Crippen molar-refractivity contribution in [2.24, 2.45) is 0 Å². The van der Waals surface area contributed by atoms with Crippen LogP contribution in [0.4, 0.5) is 5.69 Å². The second kappa shape index (κ2) is 10.3. The lowest BCUT2D eigenvalue weighted by Gasteiger charge is -2.29. The van der Waals surface area contributed by atoms with Gasteiger partial charge in [0.2, 0.25) is 21.8 Å². The van der Waals surface area contributed by atoms with E-state index in [0.717, 1.165) is 28.5 Å². The van der Waals surface area contributed by atoms with E-state index < -0.39 is 19.5 Å². The molecular weight excluding hydrogens is 532 g/mol. The Morgan fingerprint density at radius 1 is 0.949 bits per heavy atom. The molecule has 2 heterocycles. The van der Waals surface area contributed by atoms with Gasteiger partial charge in [-0.3, -0.25) is 4.79 Å². The molecule has 1 unspecified atom stereocenters. The number of hydrogen-bond donors (Lipinski definition) is 1. The van der Waals surface area contributed by atoms with Crippen molar-refractivity contribution < 1.29 is 17.6 Å². The summed E-state index contributed by atoms with van der Waals surface area (Å²) < 4.78 is 32.5. The standard InChI is InChI=1S/C29H30N4O4S2/c1-20-14-16-21(17-15-20)18-33-24-13-9-8-12-23(24)29(26(33)34,19-30-39(35,36)28(2,3)4)38-27-32-31-25(37-27)22-10-6-5-7-11-22/h5-17,30H,18-19H2,1-4H3. The van der Waals surface area contributed by atoms with Gasteiger partial charge < -0.3 is 9.32 Å². The number of carbonyl (C=O) groups excluding carboxylic acids is 1. The van der Waals surface area contributed by atoms with Crippen molar-refractivity contribution in [3.63, 3.8) is 0 Å². The highest BCUT2D eigenvalue weighted by atomic mass is 32.2. The van der Waals surface area contributed by atoms with Gasteiger partial charge in [0.15, 0.2) is 0 Å². The van der Waals surface area contributed by atoms with Crippen LogP contribution in [0.3, 0.4) is 0 Å².